The topological polar surface area (TPSA) is 93.0 Å². The molecule has 1 unspecified atom stereocenters. The number of rotatable bonds is 5. The van der Waals surface area contributed by atoms with Gasteiger partial charge in [-0.05, 0) is 18.8 Å². The molecule has 0 aromatic carbocycles. The number of hydrogen-bond donors (Lipinski definition) is 3. The maximum atomic E-state index is 11.4. The van der Waals surface area contributed by atoms with Gasteiger partial charge in [0.15, 0.2) is 5.82 Å². The van der Waals surface area contributed by atoms with Crippen LogP contribution in [0.15, 0.2) is 11.1 Å². The Labute approximate surface area is 93.2 Å². The third-order valence-corrected chi connectivity index (χ3v) is 2.78. The molecule has 1 aromatic rings. The predicted molar refractivity (Wildman–Crippen MR) is 60.6 cm³/mol. The molecule has 1 fully saturated rings. The second kappa shape index (κ2) is 4.52. The van der Waals surface area contributed by atoms with Crippen LogP contribution in [0.5, 0.6) is 5.75 Å². The van der Waals surface area contributed by atoms with E-state index in [2.05, 4.69) is 15.3 Å². The number of ether oxygens (including phenoxy) is 1. The van der Waals surface area contributed by atoms with Crippen LogP contribution in [-0.2, 0) is 0 Å². The van der Waals surface area contributed by atoms with Crippen LogP contribution in [0.3, 0.4) is 0 Å². The van der Waals surface area contributed by atoms with Gasteiger partial charge in [0.05, 0.1) is 13.4 Å². The fraction of sp³-hybridized carbons (Fsp3) is 0.600. The van der Waals surface area contributed by atoms with Crippen molar-refractivity contribution >= 4 is 5.82 Å². The standard InChI is InChI=1S/C10H16N4O2/c1-16-8-9(12-5-13-10(8)15)14-7(4-11)6-2-3-6/h5-7H,2-4,11H2,1H3,(H2,12,13,14,15). The maximum absolute atomic E-state index is 11.4. The summed E-state index contributed by atoms with van der Waals surface area (Å²) in [5.74, 6) is 1.27. The Morgan fingerprint density at radius 3 is 3.06 bits per heavy atom. The molecular weight excluding hydrogens is 208 g/mol. The largest absolute Gasteiger partial charge is 0.489 e. The highest BCUT2D eigenvalue weighted by Gasteiger charge is 2.31. The molecular formula is C10H16N4O2. The third kappa shape index (κ3) is 2.16. The molecule has 88 valence electrons. The Kier molecular flexibility index (Phi) is 3.09. The molecule has 0 saturated heterocycles. The number of aromatic amines is 1. The summed E-state index contributed by atoms with van der Waals surface area (Å²) in [5.41, 5.74) is 5.39. The summed E-state index contributed by atoms with van der Waals surface area (Å²) in [6.07, 6.45) is 3.72. The number of hydrogen-bond acceptors (Lipinski definition) is 5. The second-order valence-electron chi connectivity index (χ2n) is 3.94. The molecule has 2 rings (SSSR count). The smallest absolute Gasteiger partial charge is 0.295 e. The van der Waals surface area contributed by atoms with Gasteiger partial charge in [0.1, 0.15) is 0 Å². The van der Waals surface area contributed by atoms with E-state index in [-0.39, 0.29) is 17.4 Å². The Bertz CT molecular complexity index is 414. The molecule has 1 saturated carbocycles. The molecule has 1 aromatic heterocycles. The van der Waals surface area contributed by atoms with Crippen molar-refractivity contribution in [2.24, 2.45) is 11.7 Å². The number of aromatic nitrogens is 2. The van der Waals surface area contributed by atoms with Crippen LogP contribution in [0.25, 0.3) is 0 Å². The van der Waals surface area contributed by atoms with Gasteiger partial charge in [-0.3, -0.25) is 4.79 Å². The first-order chi connectivity index (χ1) is 7.76. The number of nitrogens with two attached hydrogens (primary N) is 1. The Hall–Kier alpha value is -1.56. The van der Waals surface area contributed by atoms with Crippen LogP contribution in [0, 0.1) is 5.92 Å². The lowest BCUT2D eigenvalue weighted by Crippen LogP contribution is -2.32. The monoisotopic (exact) mass is 224 g/mol. The molecule has 1 atom stereocenters. The molecule has 1 aliphatic rings. The molecule has 6 heteroatoms. The summed E-state index contributed by atoms with van der Waals surface area (Å²) in [7, 11) is 1.45. The summed E-state index contributed by atoms with van der Waals surface area (Å²) < 4.78 is 5.01. The molecule has 1 aliphatic carbocycles. The van der Waals surface area contributed by atoms with Gasteiger partial charge in [0, 0.05) is 12.6 Å². The number of H-pyrrole nitrogens is 1. The third-order valence-electron chi connectivity index (χ3n) is 2.78. The van der Waals surface area contributed by atoms with E-state index in [4.69, 9.17) is 10.5 Å². The van der Waals surface area contributed by atoms with Gasteiger partial charge in [-0.15, -0.1) is 0 Å². The maximum Gasteiger partial charge on any atom is 0.295 e. The second-order valence-corrected chi connectivity index (χ2v) is 3.94. The molecule has 4 N–H and O–H groups in total. The predicted octanol–water partition coefficient (Wildman–Crippen LogP) is -0.0723. The van der Waals surface area contributed by atoms with Crippen LogP contribution in [0.4, 0.5) is 5.82 Å². The van der Waals surface area contributed by atoms with Crippen molar-refractivity contribution in [2.75, 3.05) is 19.0 Å². The van der Waals surface area contributed by atoms with Crippen molar-refractivity contribution in [1.82, 2.24) is 9.97 Å². The molecule has 16 heavy (non-hydrogen) atoms. The van der Waals surface area contributed by atoms with Crippen molar-refractivity contribution in [2.45, 2.75) is 18.9 Å². The van der Waals surface area contributed by atoms with Crippen LogP contribution in [0.1, 0.15) is 12.8 Å². The first-order valence-electron chi connectivity index (χ1n) is 5.34. The van der Waals surface area contributed by atoms with E-state index in [9.17, 15) is 4.79 Å². The molecule has 0 radical (unpaired) electrons. The summed E-state index contributed by atoms with van der Waals surface area (Å²) in [4.78, 5) is 18.0. The van der Waals surface area contributed by atoms with Gasteiger partial charge < -0.3 is 20.8 Å². The fourth-order valence-corrected chi connectivity index (χ4v) is 1.72. The van der Waals surface area contributed by atoms with E-state index < -0.39 is 0 Å². The molecule has 0 spiro atoms. The average Bonchev–Trinajstić information content (AvgIpc) is 3.10. The molecule has 0 aliphatic heterocycles. The SMILES string of the molecule is COc1c(NC(CN)C2CC2)nc[nH]c1=O. The highest BCUT2D eigenvalue weighted by molar-refractivity contribution is 5.48. The van der Waals surface area contributed by atoms with E-state index in [1.807, 2.05) is 0 Å². The van der Waals surface area contributed by atoms with Crippen LogP contribution < -0.4 is 21.3 Å². The zero-order chi connectivity index (χ0) is 11.5. The first-order valence-corrected chi connectivity index (χ1v) is 5.34. The van der Waals surface area contributed by atoms with E-state index in [0.29, 0.717) is 18.3 Å². The van der Waals surface area contributed by atoms with Gasteiger partial charge in [-0.25, -0.2) is 4.98 Å². The number of nitrogens with one attached hydrogen (secondary N) is 2. The highest BCUT2D eigenvalue weighted by Crippen LogP contribution is 2.34. The minimum Gasteiger partial charge on any atom is -0.489 e. The van der Waals surface area contributed by atoms with Gasteiger partial charge in [0.25, 0.3) is 5.56 Å². The fourth-order valence-electron chi connectivity index (χ4n) is 1.72. The number of nitrogens with zero attached hydrogens (tertiary/aromatic N) is 1. The minimum atomic E-state index is -0.286. The Balaban J connectivity index is 2.19. The molecule has 1 heterocycles. The van der Waals surface area contributed by atoms with E-state index >= 15 is 0 Å². The normalized spacial score (nSPS) is 16.9. The summed E-state index contributed by atoms with van der Waals surface area (Å²) in [6, 6.07) is 0.170. The van der Waals surface area contributed by atoms with Gasteiger partial charge >= 0.3 is 0 Å². The van der Waals surface area contributed by atoms with Crippen molar-refractivity contribution in [3.05, 3.63) is 16.7 Å². The average molecular weight is 224 g/mol. The van der Waals surface area contributed by atoms with Crippen LogP contribution in [0.2, 0.25) is 0 Å². The van der Waals surface area contributed by atoms with Crippen LogP contribution in [-0.4, -0.2) is 29.7 Å². The first kappa shape index (κ1) is 10.9. The van der Waals surface area contributed by atoms with E-state index in [0.717, 1.165) is 0 Å². The summed E-state index contributed by atoms with van der Waals surface area (Å²) >= 11 is 0. The van der Waals surface area contributed by atoms with E-state index in [1.165, 1.54) is 26.3 Å². The Morgan fingerprint density at radius 2 is 2.50 bits per heavy atom. The summed E-state index contributed by atoms with van der Waals surface area (Å²) in [6.45, 7) is 0.530. The highest BCUT2D eigenvalue weighted by atomic mass is 16.5. The van der Waals surface area contributed by atoms with Gasteiger partial charge in [-0.1, -0.05) is 0 Å². The van der Waals surface area contributed by atoms with Crippen molar-refractivity contribution in [3.63, 3.8) is 0 Å². The molecule has 0 amide bonds. The minimum absolute atomic E-state index is 0.170. The Morgan fingerprint density at radius 1 is 1.75 bits per heavy atom. The van der Waals surface area contributed by atoms with Crippen LogP contribution >= 0.6 is 0 Å². The lowest BCUT2D eigenvalue weighted by Gasteiger charge is -2.17. The lowest BCUT2D eigenvalue weighted by molar-refractivity contribution is 0.407. The van der Waals surface area contributed by atoms with Crippen molar-refractivity contribution in [1.29, 1.82) is 0 Å². The molecule has 6 nitrogen and oxygen atoms in total. The molecule has 0 bridgehead atoms. The summed E-state index contributed by atoms with van der Waals surface area (Å²) in [5, 5.41) is 3.17. The zero-order valence-electron chi connectivity index (χ0n) is 9.19. The van der Waals surface area contributed by atoms with Crippen molar-refractivity contribution < 1.29 is 4.74 Å². The number of methoxy groups -OCH3 is 1. The van der Waals surface area contributed by atoms with Gasteiger partial charge in [0.2, 0.25) is 5.75 Å². The number of anilines is 1. The van der Waals surface area contributed by atoms with E-state index in [1.54, 1.807) is 0 Å². The van der Waals surface area contributed by atoms with Crippen molar-refractivity contribution in [3.8, 4) is 5.75 Å². The lowest BCUT2D eigenvalue weighted by atomic mass is 10.2. The quantitative estimate of drug-likeness (QED) is 0.651. The zero-order valence-corrected chi connectivity index (χ0v) is 9.19. The van der Waals surface area contributed by atoms with Gasteiger partial charge in [-0.2, -0.15) is 0 Å².